The topological polar surface area (TPSA) is 165 Å². The minimum atomic E-state index is -3.28. The van der Waals surface area contributed by atoms with E-state index in [4.69, 9.17) is 10.5 Å². The lowest BCUT2D eigenvalue weighted by Crippen LogP contribution is -2.63. The van der Waals surface area contributed by atoms with Crippen molar-refractivity contribution in [1.82, 2.24) is 10.6 Å². The highest BCUT2D eigenvalue weighted by Gasteiger charge is 2.42. The number of sulfone groups is 1. The molecule has 0 aromatic heterocycles. The lowest BCUT2D eigenvalue weighted by molar-refractivity contribution is -0.134. The summed E-state index contributed by atoms with van der Waals surface area (Å²) in [6, 6.07) is 12.8. The number of benzene rings is 2. The van der Waals surface area contributed by atoms with Crippen LogP contribution < -0.4 is 16.4 Å². The maximum Gasteiger partial charge on any atom is 0.405 e. The standard InChI is InChI=1S/C24H29N3O7S/c1-2-35(32,33)19-9-7-18(8-10-19)17-5-3-16(4-6-17)15-20(21(25)28)26-22(29)24(27-23(30)31)11-13-34-14-12-24/h3-10,20,27H,2,11-15H2,1H3,(H2,25,28)(H,26,29)(H,30,31). The monoisotopic (exact) mass is 503 g/mol. The first-order chi connectivity index (χ1) is 16.6. The van der Waals surface area contributed by atoms with Gasteiger partial charge in [-0.05, 0) is 28.8 Å². The van der Waals surface area contributed by atoms with Crippen LogP contribution in [-0.4, -0.2) is 62.0 Å². The number of amides is 3. The summed E-state index contributed by atoms with van der Waals surface area (Å²) in [6.07, 6.45) is -0.935. The van der Waals surface area contributed by atoms with Crippen LogP contribution in [0.5, 0.6) is 0 Å². The Kier molecular flexibility index (Phi) is 8.13. The van der Waals surface area contributed by atoms with Gasteiger partial charge in [0.2, 0.25) is 11.8 Å². The quantitative estimate of drug-likeness (QED) is 0.402. The number of carbonyl (C=O) groups is 3. The first kappa shape index (κ1) is 26.2. The third-order valence-corrected chi connectivity index (χ3v) is 7.85. The van der Waals surface area contributed by atoms with Crippen LogP contribution >= 0.6 is 0 Å². The first-order valence-electron chi connectivity index (χ1n) is 11.2. The highest BCUT2D eigenvalue weighted by atomic mass is 32.2. The van der Waals surface area contributed by atoms with Crippen molar-refractivity contribution in [3.63, 3.8) is 0 Å². The summed E-state index contributed by atoms with van der Waals surface area (Å²) in [5.41, 5.74) is 6.54. The van der Waals surface area contributed by atoms with E-state index in [0.29, 0.717) is 0 Å². The van der Waals surface area contributed by atoms with Crippen molar-refractivity contribution in [2.45, 2.75) is 42.7 Å². The molecule has 3 rings (SSSR count). The van der Waals surface area contributed by atoms with Crippen molar-refractivity contribution in [3.8, 4) is 11.1 Å². The molecule has 1 heterocycles. The van der Waals surface area contributed by atoms with E-state index in [-0.39, 0.29) is 43.1 Å². The van der Waals surface area contributed by atoms with Crippen LogP contribution in [0.4, 0.5) is 4.79 Å². The fraction of sp³-hybridized carbons (Fsp3) is 0.375. The zero-order valence-corrected chi connectivity index (χ0v) is 20.1. The summed E-state index contributed by atoms with van der Waals surface area (Å²) >= 11 is 0. The normalized spacial score (nSPS) is 16.1. The van der Waals surface area contributed by atoms with Crippen molar-refractivity contribution in [1.29, 1.82) is 0 Å². The number of hydrogen-bond donors (Lipinski definition) is 4. The average Bonchev–Trinajstić information content (AvgIpc) is 2.84. The van der Waals surface area contributed by atoms with Gasteiger partial charge >= 0.3 is 6.09 Å². The van der Waals surface area contributed by atoms with Gasteiger partial charge in [0, 0.05) is 32.5 Å². The third kappa shape index (κ3) is 6.37. The second kappa shape index (κ2) is 10.9. The Bertz CT molecular complexity index is 1170. The number of primary amides is 1. The molecule has 188 valence electrons. The Morgan fingerprint density at radius 3 is 2.06 bits per heavy atom. The van der Waals surface area contributed by atoms with E-state index >= 15 is 0 Å². The summed E-state index contributed by atoms with van der Waals surface area (Å²) in [7, 11) is -3.28. The van der Waals surface area contributed by atoms with Crippen LogP contribution in [0.2, 0.25) is 0 Å². The Morgan fingerprint density at radius 2 is 1.57 bits per heavy atom. The molecule has 0 aliphatic carbocycles. The van der Waals surface area contributed by atoms with Gasteiger partial charge in [-0.1, -0.05) is 43.3 Å². The number of rotatable bonds is 9. The van der Waals surface area contributed by atoms with E-state index in [1.54, 1.807) is 43.3 Å². The molecule has 0 radical (unpaired) electrons. The molecule has 1 saturated heterocycles. The molecule has 1 atom stereocenters. The molecule has 2 aromatic carbocycles. The molecule has 1 aliphatic heterocycles. The summed E-state index contributed by atoms with van der Waals surface area (Å²) in [4.78, 5) is 36.6. The van der Waals surface area contributed by atoms with Crippen LogP contribution in [0, 0.1) is 0 Å². The molecule has 5 N–H and O–H groups in total. The zero-order chi connectivity index (χ0) is 25.6. The van der Waals surface area contributed by atoms with Gasteiger partial charge in [0.15, 0.2) is 9.84 Å². The minimum Gasteiger partial charge on any atom is -0.465 e. The van der Waals surface area contributed by atoms with Crippen molar-refractivity contribution < 1.29 is 32.6 Å². The van der Waals surface area contributed by atoms with Crippen LogP contribution in [0.15, 0.2) is 53.4 Å². The summed E-state index contributed by atoms with van der Waals surface area (Å²) in [5.74, 6) is -1.33. The molecule has 1 fully saturated rings. The summed E-state index contributed by atoms with van der Waals surface area (Å²) < 4.78 is 29.2. The summed E-state index contributed by atoms with van der Waals surface area (Å²) in [5, 5.41) is 14.1. The van der Waals surface area contributed by atoms with Crippen molar-refractivity contribution in [2.75, 3.05) is 19.0 Å². The van der Waals surface area contributed by atoms with Crippen molar-refractivity contribution in [3.05, 3.63) is 54.1 Å². The van der Waals surface area contributed by atoms with E-state index < -0.39 is 39.3 Å². The SMILES string of the molecule is CCS(=O)(=O)c1ccc(-c2ccc(CC(NC(=O)C3(NC(=O)O)CCOCC3)C(N)=O)cc2)cc1. The van der Waals surface area contributed by atoms with Crippen LogP contribution in [0.3, 0.4) is 0 Å². The molecule has 0 saturated carbocycles. The lowest BCUT2D eigenvalue weighted by Gasteiger charge is -2.36. The molecular weight excluding hydrogens is 474 g/mol. The third-order valence-electron chi connectivity index (χ3n) is 6.10. The van der Waals surface area contributed by atoms with E-state index in [0.717, 1.165) is 16.7 Å². The molecule has 2 aromatic rings. The molecule has 11 heteroatoms. The molecular formula is C24H29N3O7S. The molecule has 1 unspecified atom stereocenters. The molecule has 1 aliphatic rings. The van der Waals surface area contributed by atoms with Gasteiger partial charge in [-0.15, -0.1) is 0 Å². The van der Waals surface area contributed by atoms with Gasteiger partial charge in [-0.3, -0.25) is 9.59 Å². The molecule has 10 nitrogen and oxygen atoms in total. The predicted molar refractivity (Wildman–Crippen MR) is 128 cm³/mol. The van der Waals surface area contributed by atoms with Gasteiger partial charge in [-0.2, -0.15) is 0 Å². The number of hydrogen-bond acceptors (Lipinski definition) is 6. The fourth-order valence-electron chi connectivity index (χ4n) is 3.94. The Labute approximate surface area is 203 Å². The Morgan fingerprint density at radius 1 is 1.03 bits per heavy atom. The highest BCUT2D eigenvalue weighted by Crippen LogP contribution is 2.24. The van der Waals surface area contributed by atoms with E-state index in [9.17, 15) is 27.9 Å². The second-order valence-corrected chi connectivity index (χ2v) is 10.7. The van der Waals surface area contributed by atoms with Crippen LogP contribution in [-0.2, 0) is 30.6 Å². The van der Waals surface area contributed by atoms with E-state index in [1.807, 2.05) is 12.1 Å². The van der Waals surface area contributed by atoms with Crippen molar-refractivity contribution in [2.24, 2.45) is 5.73 Å². The van der Waals surface area contributed by atoms with Gasteiger partial charge in [0.05, 0.1) is 10.6 Å². The largest absolute Gasteiger partial charge is 0.465 e. The fourth-order valence-corrected chi connectivity index (χ4v) is 4.83. The van der Waals surface area contributed by atoms with Crippen molar-refractivity contribution >= 4 is 27.7 Å². The Balaban J connectivity index is 1.72. The second-order valence-electron chi connectivity index (χ2n) is 8.38. The number of carbonyl (C=O) groups excluding carboxylic acids is 2. The molecule has 0 spiro atoms. The molecule has 3 amide bonds. The van der Waals surface area contributed by atoms with Gasteiger partial charge in [0.1, 0.15) is 11.6 Å². The summed E-state index contributed by atoms with van der Waals surface area (Å²) in [6.45, 7) is 2.01. The predicted octanol–water partition coefficient (Wildman–Crippen LogP) is 1.48. The van der Waals surface area contributed by atoms with Crippen LogP contribution in [0.1, 0.15) is 25.3 Å². The molecule has 0 bridgehead atoms. The molecule has 35 heavy (non-hydrogen) atoms. The van der Waals surface area contributed by atoms with Gasteiger partial charge in [0.25, 0.3) is 0 Å². The van der Waals surface area contributed by atoms with Crippen LogP contribution in [0.25, 0.3) is 11.1 Å². The maximum atomic E-state index is 13.0. The number of ether oxygens (including phenoxy) is 1. The first-order valence-corrected chi connectivity index (χ1v) is 12.8. The van der Waals surface area contributed by atoms with Gasteiger partial charge < -0.3 is 26.2 Å². The maximum absolute atomic E-state index is 13.0. The van der Waals surface area contributed by atoms with Gasteiger partial charge in [-0.25, -0.2) is 13.2 Å². The zero-order valence-electron chi connectivity index (χ0n) is 19.3. The number of nitrogens with two attached hydrogens (primary N) is 1. The Hall–Kier alpha value is -3.44. The van der Waals surface area contributed by atoms with E-state index in [2.05, 4.69) is 10.6 Å². The smallest absolute Gasteiger partial charge is 0.405 e. The van der Waals surface area contributed by atoms with E-state index in [1.165, 1.54) is 0 Å². The minimum absolute atomic E-state index is 0.0277. The highest BCUT2D eigenvalue weighted by molar-refractivity contribution is 7.91. The average molecular weight is 504 g/mol. The lowest BCUT2D eigenvalue weighted by atomic mass is 9.88. The number of carboxylic acid groups (broad SMARTS) is 1. The number of nitrogens with one attached hydrogen (secondary N) is 2.